The van der Waals surface area contributed by atoms with E-state index in [0.717, 1.165) is 35.9 Å². The summed E-state index contributed by atoms with van der Waals surface area (Å²) in [6.07, 6.45) is 5.39. The van der Waals surface area contributed by atoms with Crippen LogP contribution in [-0.2, 0) is 0 Å². The fraction of sp³-hybridized carbons (Fsp3) is 0.529. The van der Waals surface area contributed by atoms with Crippen molar-refractivity contribution in [1.29, 1.82) is 0 Å². The minimum atomic E-state index is 0.670. The molecule has 1 fully saturated rings. The van der Waals surface area contributed by atoms with Crippen molar-refractivity contribution in [3.05, 3.63) is 24.3 Å². The van der Waals surface area contributed by atoms with E-state index in [0.29, 0.717) is 6.04 Å². The lowest BCUT2D eigenvalue weighted by Gasteiger charge is -2.39. The van der Waals surface area contributed by atoms with Crippen molar-refractivity contribution in [3.8, 4) is 0 Å². The van der Waals surface area contributed by atoms with Crippen molar-refractivity contribution in [2.75, 3.05) is 18.7 Å². The SMILES string of the molecule is C[C@H]1CCCC[C@H]1N1CN=C(Nc2nc3ccccc3s2)NC1. The van der Waals surface area contributed by atoms with E-state index in [2.05, 4.69) is 38.5 Å². The summed E-state index contributed by atoms with van der Waals surface area (Å²) in [5, 5.41) is 7.64. The molecule has 5 nitrogen and oxygen atoms in total. The molecule has 2 heterocycles. The van der Waals surface area contributed by atoms with Gasteiger partial charge in [0.2, 0.25) is 0 Å². The van der Waals surface area contributed by atoms with Crippen LogP contribution in [0.4, 0.5) is 5.13 Å². The van der Waals surface area contributed by atoms with Gasteiger partial charge in [0.25, 0.3) is 0 Å². The van der Waals surface area contributed by atoms with Crippen LogP contribution in [0.25, 0.3) is 10.2 Å². The number of thiazole rings is 1. The normalized spacial score (nSPS) is 25.9. The highest BCUT2D eigenvalue weighted by molar-refractivity contribution is 7.22. The van der Waals surface area contributed by atoms with Crippen LogP contribution in [-0.4, -0.2) is 35.2 Å². The van der Waals surface area contributed by atoms with Crippen LogP contribution in [0.15, 0.2) is 29.3 Å². The second-order valence-electron chi connectivity index (χ2n) is 6.51. The molecule has 2 N–H and O–H groups in total. The molecular formula is C17H23N5S. The van der Waals surface area contributed by atoms with Crippen molar-refractivity contribution >= 4 is 32.6 Å². The maximum Gasteiger partial charge on any atom is 0.199 e. The predicted molar refractivity (Wildman–Crippen MR) is 96.8 cm³/mol. The molecule has 2 aromatic rings. The molecule has 1 aromatic heterocycles. The third-order valence-electron chi connectivity index (χ3n) is 4.91. The molecule has 0 saturated heterocycles. The zero-order valence-electron chi connectivity index (χ0n) is 13.5. The topological polar surface area (TPSA) is 52.5 Å². The summed E-state index contributed by atoms with van der Waals surface area (Å²) in [7, 11) is 0. The van der Waals surface area contributed by atoms with E-state index in [1.54, 1.807) is 11.3 Å². The molecule has 23 heavy (non-hydrogen) atoms. The van der Waals surface area contributed by atoms with Crippen molar-refractivity contribution in [2.24, 2.45) is 10.9 Å². The Labute approximate surface area is 140 Å². The van der Waals surface area contributed by atoms with Gasteiger partial charge >= 0.3 is 0 Å². The number of para-hydroxylation sites is 1. The van der Waals surface area contributed by atoms with Gasteiger partial charge in [-0.2, -0.15) is 0 Å². The first-order valence-electron chi connectivity index (χ1n) is 8.44. The Hall–Kier alpha value is -1.66. The highest BCUT2D eigenvalue weighted by atomic mass is 32.1. The van der Waals surface area contributed by atoms with Gasteiger partial charge in [0.05, 0.1) is 23.6 Å². The standard InChI is InChI=1S/C17H23N5S/c1-12-6-2-4-8-14(12)22-10-18-16(19-11-22)21-17-20-13-7-3-5-9-15(13)23-17/h3,5,7,9,12,14H,2,4,6,8,10-11H2,1H3,(H2,18,19,20,21)/t12-,14+/m0/s1. The molecule has 4 rings (SSSR count). The van der Waals surface area contributed by atoms with Crippen LogP contribution in [0.2, 0.25) is 0 Å². The fourth-order valence-electron chi connectivity index (χ4n) is 3.62. The highest BCUT2D eigenvalue weighted by Gasteiger charge is 2.28. The van der Waals surface area contributed by atoms with Crippen LogP contribution in [0, 0.1) is 5.92 Å². The van der Waals surface area contributed by atoms with E-state index in [9.17, 15) is 0 Å². The number of aromatic nitrogens is 1. The number of benzene rings is 1. The zero-order valence-corrected chi connectivity index (χ0v) is 14.3. The summed E-state index contributed by atoms with van der Waals surface area (Å²) in [4.78, 5) is 11.7. The van der Waals surface area contributed by atoms with E-state index in [1.165, 1.54) is 30.4 Å². The number of hydrogen-bond donors (Lipinski definition) is 2. The molecule has 0 bridgehead atoms. The van der Waals surface area contributed by atoms with Crippen molar-refractivity contribution in [3.63, 3.8) is 0 Å². The Kier molecular flexibility index (Phi) is 4.18. The molecule has 0 unspecified atom stereocenters. The van der Waals surface area contributed by atoms with Crippen LogP contribution in [0.3, 0.4) is 0 Å². The maximum atomic E-state index is 4.67. The molecule has 2 aliphatic rings. The number of hydrogen-bond acceptors (Lipinski definition) is 6. The Morgan fingerprint density at radius 2 is 2.13 bits per heavy atom. The molecular weight excluding hydrogens is 306 g/mol. The minimum absolute atomic E-state index is 0.670. The molecule has 0 radical (unpaired) electrons. The number of nitrogens with one attached hydrogen (secondary N) is 2. The number of fused-ring (bicyclic) bond motifs is 1. The van der Waals surface area contributed by atoms with Gasteiger partial charge in [0.1, 0.15) is 0 Å². The molecule has 0 amide bonds. The molecule has 1 saturated carbocycles. The van der Waals surface area contributed by atoms with E-state index in [4.69, 9.17) is 0 Å². The third kappa shape index (κ3) is 3.19. The second kappa shape index (κ2) is 6.45. The van der Waals surface area contributed by atoms with Crippen molar-refractivity contribution < 1.29 is 0 Å². The van der Waals surface area contributed by atoms with E-state index in [1.807, 2.05) is 18.2 Å². The summed E-state index contributed by atoms with van der Waals surface area (Å²) in [5.74, 6) is 1.61. The molecule has 1 aliphatic carbocycles. The minimum Gasteiger partial charge on any atom is -0.343 e. The average Bonchev–Trinajstić information content (AvgIpc) is 2.98. The Morgan fingerprint density at radius 1 is 1.26 bits per heavy atom. The van der Waals surface area contributed by atoms with Gasteiger partial charge in [-0.3, -0.25) is 4.90 Å². The quantitative estimate of drug-likeness (QED) is 0.886. The van der Waals surface area contributed by atoms with Crippen LogP contribution < -0.4 is 10.6 Å². The van der Waals surface area contributed by atoms with Gasteiger partial charge in [-0.25, -0.2) is 9.98 Å². The Bertz CT molecular complexity index is 677. The van der Waals surface area contributed by atoms with Crippen molar-refractivity contribution in [1.82, 2.24) is 15.2 Å². The summed E-state index contributed by atoms with van der Waals surface area (Å²) in [6.45, 7) is 4.02. The van der Waals surface area contributed by atoms with E-state index in [-0.39, 0.29) is 0 Å². The summed E-state index contributed by atoms with van der Waals surface area (Å²) < 4.78 is 1.20. The van der Waals surface area contributed by atoms with Gasteiger partial charge in [-0.1, -0.05) is 43.2 Å². The zero-order chi connectivity index (χ0) is 15.6. The number of guanidine groups is 1. The number of aliphatic imine (C=N–C) groups is 1. The van der Waals surface area contributed by atoms with Gasteiger partial charge in [-0.15, -0.1) is 0 Å². The van der Waals surface area contributed by atoms with Crippen LogP contribution in [0.1, 0.15) is 32.6 Å². The Balaban J connectivity index is 1.41. The third-order valence-corrected chi connectivity index (χ3v) is 5.87. The van der Waals surface area contributed by atoms with Crippen LogP contribution in [0.5, 0.6) is 0 Å². The number of anilines is 1. The van der Waals surface area contributed by atoms with Gasteiger partial charge < -0.3 is 10.6 Å². The first-order chi connectivity index (χ1) is 11.3. The second-order valence-corrected chi connectivity index (χ2v) is 7.54. The number of nitrogens with zero attached hydrogens (tertiary/aromatic N) is 3. The van der Waals surface area contributed by atoms with Gasteiger partial charge in [0, 0.05) is 6.04 Å². The smallest absolute Gasteiger partial charge is 0.199 e. The number of rotatable bonds is 2. The molecule has 1 aromatic carbocycles. The average molecular weight is 329 g/mol. The Morgan fingerprint density at radius 3 is 2.91 bits per heavy atom. The van der Waals surface area contributed by atoms with Crippen molar-refractivity contribution in [2.45, 2.75) is 38.6 Å². The summed E-state index contributed by atoms with van der Waals surface area (Å²) >= 11 is 1.66. The molecule has 0 spiro atoms. The van der Waals surface area contributed by atoms with Crippen LogP contribution >= 0.6 is 11.3 Å². The van der Waals surface area contributed by atoms with E-state index >= 15 is 0 Å². The van der Waals surface area contributed by atoms with E-state index < -0.39 is 0 Å². The highest BCUT2D eigenvalue weighted by Crippen LogP contribution is 2.28. The summed E-state index contributed by atoms with van der Waals surface area (Å²) in [6, 6.07) is 8.87. The monoisotopic (exact) mass is 329 g/mol. The molecule has 122 valence electrons. The lowest BCUT2D eigenvalue weighted by atomic mass is 9.85. The fourth-order valence-corrected chi connectivity index (χ4v) is 4.48. The first kappa shape index (κ1) is 14.9. The lowest BCUT2D eigenvalue weighted by Crippen LogP contribution is -2.52. The maximum absolute atomic E-state index is 4.67. The first-order valence-corrected chi connectivity index (χ1v) is 9.26. The lowest BCUT2D eigenvalue weighted by molar-refractivity contribution is 0.107. The molecule has 1 aliphatic heterocycles. The van der Waals surface area contributed by atoms with Gasteiger partial charge in [-0.05, 0) is 30.9 Å². The summed E-state index contributed by atoms with van der Waals surface area (Å²) in [5.41, 5.74) is 1.04. The van der Waals surface area contributed by atoms with Gasteiger partial charge in [0.15, 0.2) is 11.1 Å². The largest absolute Gasteiger partial charge is 0.343 e. The molecule has 2 atom stereocenters. The predicted octanol–water partition coefficient (Wildman–Crippen LogP) is 3.46. The molecule has 6 heteroatoms.